The fourth-order valence-corrected chi connectivity index (χ4v) is 4.54. The smallest absolute Gasteiger partial charge is 0.233 e. The largest absolute Gasteiger partial charge is 0.369 e. The maximum absolute atomic E-state index is 13.0. The summed E-state index contributed by atoms with van der Waals surface area (Å²) < 4.78 is 13.7. The predicted molar refractivity (Wildman–Crippen MR) is 98.0 cm³/mol. The van der Waals surface area contributed by atoms with Gasteiger partial charge in [-0.2, -0.15) is 0 Å². The number of nitrogens with one attached hydrogen (secondary N) is 1. The van der Waals surface area contributed by atoms with E-state index in [-0.39, 0.29) is 29.4 Å². The van der Waals surface area contributed by atoms with Crippen LogP contribution >= 0.6 is 23.1 Å². The fourth-order valence-electron chi connectivity index (χ4n) is 2.14. The zero-order valence-electron chi connectivity index (χ0n) is 14.2. The van der Waals surface area contributed by atoms with Crippen LogP contribution in [0.4, 0.5) is 4.39 Å². The van der Waals surface area contributed by atoms with Crippen molar-refractivity contribution < 1.29 is 14.0 Å². The lowest BCUT2D eigenvalue weighted by atomic mass is 10.1. The van der Waals surface area contributed by atoms with Crippen LogP contribution in [0.1, 0.15) is 36.0 Å². The number of halogens is 1. The number of aryl methyl sites for hydroxylation is 1. The third-order valence-corrected chi connectivity index (χ3v) is 5.93. The molecule has 0 aliphatic carbocycles. The fraction of sp³-hybridized carbons (Fsp3) is 0.353. The summed E-state index contributed by atoms with van der Waals surface area (Å²) in [5, 5.41) is 2.56. The predicted octanol–water partition coefficient (Wildman–Crippen LogP) is 2.98. The van der Waals surface area contributed by atoms with Gasteiger partial charge < -0.3 is 11.1 Å². The lowest BCUT2D eigenvalue weighted by molar-refractivity contribution is -0.121. The third-order valence-electron chi connectivity index (χ3n) is 3.58. The molecule has 2 rings (SSSR count). The number of thiazole rings is 1. The van der Waals surface area contributed by atoms with Crippen LogP contribution in [0.5, 0.6) is 0 Å². The molecular formula is C17H20FN3O2S2. The summed E-state index contributed by atoms with van der Waals surface area (Å²) >= 11 is 2.72. The summed E-state index contributed by atoms with van der Waals surface area (Å²) in [7, 11) is 0. The van der Waals surface area contributed by atoms with E-state index >= 15 is 0 Å². The molecule has 2 amide bonds. The van der Waals surface area contributed by atoms with Gasteiger partial charge in [0, 0.05) is 4.88 Å². The highest BCUT2D eigenvalue weighted by Crippen LogP contribution is 2.30. The summed E-state index contributed by atoms with van der Waals surface area (Å²) in [4.78, 5) is 28.6. The Morgan fingerprint density at radius 1 is 1.32 bits per heavy atom. The molecule has 0 radical (unpaired) electrons. The van der Waals surface area contributed by atoms with Crippen LogP contribution in [0.3, 0.4) is 0 Å². The first-order valence-corrected chi connectivity index (χ1v) is 9.43. The molecule has 0 spiro atoms. The zero-order chi connectivity index (χ0) is 18.6. The minimum absolute atomic E-state index is 0.133. The lowest BCUT2D eigenvalue weighted by Gasteiger charge is -2.17. The molecule has 2 aromatic rings. The molecule has 0 aliphatic rings. The topological polar surface area (TPSA) is 85.1 Å². The molecule has 0 bridgehead atoms. The number of rotatable bonds is 7. The van der Waals surface area contributed by atoms with E-state index in [0.29, 0.717) is 0 Å². The number of aromatic nitrogens is 1. The number of carbonyl (C=O) groups excluding carboxylic acids is 2. The highest BCUT2D eigenvalue weighted by atomic mass is 32.2. The first-order valence-electron chi connectivity index (χ1n) is 7.73. The van der Waals surface area contributed by atoms with Crippen molar-refractivity contribution in [3.63, 3.8) is 0 Å². The summed E-state index contributed by atoms with van der Waals surface area (Å²) in [6.45, 7) is 5.46. The Hall–Kier alpha value is -1.93. The number of hydrogen-bond acceptors (Lipinski definition) is 5. The molecular weight excluding hydrogens is 361 g/mol. The van der Waals surface area contributed by atoms with Crippen LogP contribution in [0.2, 0.25) is 0 Å². The minimum atomic E-state index is -0.401. The van der Waals surface area contributed by atoms with E-state index in [9.17, 15) is 14.0 Å². The van der Waals surface area contributed by atoms with Crippen molar-refractivity contribution in [2.45, 2.75) is 42.8 Å². The maximum Gasteiger partial charge on any atom is 0.233 e. The van der Waals surface area contributed by atoms with E-state index in [1.165, 1.54) is 35.2 Å². The van der Waals surface area contributed by atoms with Crippen LogP contribution < -0.4 is 11.1 Å². The second kappa shape index (κ2) is 8.44. The summed E-state index contributed by atoms with van der Waals surface area (Å²) in [5.74, 6) is -0.842. The Kier molecular flexibility index (Phi) is 6.55. The molecule has 2 unspecified atom stereocenters. The van der Waals surface area contributed by atoms with Crippen LogP contribution in [-0.4, -0.2) is 22.0 Å². The van der Waals surface area contributed by atoms with Gasteiger partial charge in [0.05, 0.1) is 23.4 Å². The minimum Gasteiger partial charge on any atom is -0.369 e. The number of thioether (sulfide) groups is 1. The first-order chi connectivity index (χ1) is 11.8. The average Bonchev–Trinajstić information content (AvgIpc) is 2.86. The van der Waals surface area contributed by atoms with Gasteiger partial charge in [-0.25, -0.2) is 9.37 Å². The second-order valence-corrected chi connectivity index (χ2v) is 8.34. The molecule has 134 valence electrons. The van der Waals surface area contributed by atoms with E-state index in [2.05, 4.69) is 10.3 Å². The number of carbonyl (C=O) groups is 2. The monoisotopic (exact) mass is 381 g/mol. The van der Waals surface area contributed by atoms with E-state index in [0.717, 1.165) is 20.5 Å². The quantitative estimate of drug-likeness (QED) is 0.722. The lowest BCUT2D eigenvalue weighted by Crippen LogP contribution is -2.33. The third kappa shape index (κ3) is 5.54. The summed E-state index contributed by atoms with van der Waals surface area (Å²) in [6.07, 6.45) is 0.159. The van der Waals surface area contributed by atoms with Crippen molar-refractivity contribution >= 4 is 34.9 Å². The highest BCUT2D eigenvalue weighted by molar-refractivity contribution is 8.02. The van der Waals surface area contributed by atoms with Crippen molar-refractivity contribution in [1.82, 2.24) is 10.3 Å². The van der Waals surface area contributed by atoms with E-state index in [1.807, 2.05) is 13.8 Å². The van der Waals surface area contributed by atoms with Crippen molar-refractivity contribution in [1.29, 1.82) is 0 Å². The number of hydrogen-bond donors (Lipinski definition) is 2. The van der Waals surface area contributed by atoms with Gasteiger partial charge in [-0.15, -0.1) is 11.3 Å². The molecule has 2 atom stereocenters. The van der Waals surface area contributed by atoms with Crippen LogP contribution in [0.15, 0.2) is 28.6 Å². The molecule has 1 aromatic carbocycles. The number of amides is 2. The number of primary amides is 1. The Bertz CT molecular complexity index is 762. The molecule has 1 heterocycles. The Labute approximate surface area is 154 Å². The molecule has 25 heavy (non-hydrogen) atoms. The average molecular weight is 381 g/mol. The van der Waals surface area contributed by atoms with Crippen LogP contribution in [-0.2, 0) is 16.0 Å². The van der Waals surface area contributed by atoms with Crippen molar-refractivity contribution in [3.8, 4) is 0 Å². The van der Waals surface area contributed by atoms with Gasteiger partial charge in [0.1, 0.15) is 5.82 Å². The van der Waals surface area contributed by atoms with Crippen molar-refractivity contribution in [3.05, 3.63) is 46.2 Å². The van der Waals surface area contributed by atoms with Gasteiger partial charge in [0.15, 0.2) is 4.34 Å². The second-order valence-electron chi connectivity index (χ2n) is 5.67. The van der Waals surface area contributed by atoms with Crippen molar-refractivity contribution in [2.75, 3.05) is 0 Å². The van der Waals surface area contributed by atoms with Crippen LogP contribution in [0, 0.1) is 12.7 Å². The molecule has 3 N–H and O–H groups in total. The Morgan fingerprint density at radius 3 is 2.56 bits per heavy atom. The molecule has 0 saturated carbocycles. The van der Waals surface area contributed by atoms with Gasteiger partial charge in [0.2, 0.25) is 11.8 Å². The van der Waals surface area contributed by atoms with E-state index < -0.39 is 5.91 Å². The first kappa shape index (κ1) is 19.4. The van der Waals surface area contributed by atoms with Gasteiger partial charge in [-0.3, -0.25) is 9.59 Å². The summed E-state index contributed by atoms with van der Waals surface area (Å²) in [6, 6.07) is 5.82. The zero-order valence-corrected chi connectivity index (χ0v) is 15.8. The molecule has 1 aromatic heterocycles. The van der Waals surface area contributed by atoms with Gasteiger partial charge in [0.25, 0.3) is 0 Å². The van der Waals surface area contributed by atoms with E-state index in [4.69, 9.17) is 5.73 Å². The molecule has 0 aliphatic heterocycles. The highest BCUT2D eigenvalue weighted by Gasteiger charge is 2.20. The number of benzene rings is 1. The standard InChI is InChI=1S/C17H20FN3O2S2/c1-9(12-4-6-13(18)7-5-12)20-16(23)11(3)24-17-21-10(2)14(25-17)8-15(19)22/h4-7,9,11H,8H2,1-3H3,(H2,19,22)(H,20,23). The molecule has 8 heteroatoms. The Morgan fingerprint density at radius 2 is 1.96 bits per heavy atom. The molecule has 0 saturated heterocycles. The summed E-state index contributed by atoms with van der Waals surface area (Å²) in [5.41, 5.74) is 6.81. The number of nitrogens with zero attached hydrogens (tertiary/aromatic N) is 1. The van der Waals surface area contributed by atoms with Gasteiger partial charge in [-0.05, 0) is 38.5 Å². The van der Waals surface area contributed by atoms with Gasteiger partial charge >= 0.3 is 0 Å². The SMILES string of the molecule is Cc1nc(SC(C)C(=O)NC(C)c2ccc(F)cc2)sc1CC(N)=O. The van der Waals surface area contributed by atoms with Crippen molar-refractivity contribution in [2.24, 2.45) is 5.73 Å². The molecule has 0 fully saturated rings. The van der Waals surface area contributed by atoms with Crippen LogP contribution in [0.25, 0.3) is 0 Å². The van der Waals surface area contributed by atoms with Gasteiger partial charge in [-0.1, -0.05) is 23.9 Å². The van der Waals surface area contributed by atoms with E-state index in [1.54, 1.807) is 19.1 Å². The maximum atomic E-state index is 13.0. The number of nitrogens with two attached hydrogens (primary N) is 1. The molecule has 5 nitrogen and oxygen atoms in total. The normalized spacial score (nSPS) is 13.3. The Balaban J connectivity index is 1.95.